The molecular weight excluding hydrogens is 242 g/mol. The van der Waals surface area contributed by atoms with Gasteiger partial charge in [-0.3, -0.25) is 0 Å². The van der Waals surface area contributed by atoms with Crippen LogP contribution in [-0.4, -0.2) is 22.3 Å². The number of rotatable bonds is 5. The minimum absolute atomic E-state index is 0.172. The van der Waals surface area contributed by atoms with Crippen LogP contribution in [0, 0.1) is 5.41 Å². The Kier molecular flexibility index (Phi) is 5.36. The molecule has 1 aromatic carbocycles. The Morgan fingerprint density at radius 2 is 1.79 bits per heavy atom. The molecule has 4 heteroatoms. The number of amides is 1. The lowest BCUT2D eigenvalue weighted by Gasteiger charge is -2.31. The van der Waals surface area contributed by atoms with Gasteiger partial charge < -0.3 is 15.5 Å². The van der Waals surface area contributed by atoms with Crippen molar-refractivity contribution in [1.29, 1.82) is 0 Å². The molecule has 4 nitrogen and oxygen atoms in total. The fourth-order valence-electron chi connectivity index (χ4n) is 2.04. The van der Waals surface area contributed by atoms with Crippen LogP contribution in [0.25, 0.3) is 0 Å². The highest BCUT2D eigenvalue weighted by Gasteiger charge is 2.26. The maximum absolute atomic E-state index is 10.8. The SMILES string of the molecule is CC(C)(C)C(CCC(O)c1ccccc1)NC(=O)O. The van der Waals surface area contributed by atoms with Gasteiger partial charge >= 0.3 is 6.09 Å². The number of carboxylic acid groups (broad SMARTS) is 1. The third-order valence-electron chi connectivity index (χ3n) is 3.26. The Balaban J connectivity index is 2.59. The van der Waals surface area contributed by atoms with E-state index < -0.39 is 12.2 Å². The van der Waals surface area contributed by atoms with Crippen molar-refractivity contribution in [1.82, 2.24) is 5.32 Å². The fourth-order valence-corrected chi connectivity index (χ4v) is 2.04. The van der Waals surface area contributed by atoms with Crippen LogP contribution in [-0.2, 0) is 0 Å². The van der Waals surface area contributed by atoms with Crippen LogP contribution in [0.4, 0.5) is 4.79 Å². The molecular formula is C15H23NO3. The molecule has 0 aliphatic rings. The summed E-state index contributed by atoms with van der Waals surface area (Å²) in [5, 5.41) is 21.5. The van der Waals surface area contributed by atoms with E-state index in [9.17, 15) is 9.90 Å². The van der Waals surface area contributed by atoms with Crippen molar-refractivity contribution in [3.8, 4) is 0 Å². The summed E-state index contributed by atoms with van der Waals surface area (Å²) in [6.07, 6.45) is -0.436. The third-order valence-corrected chi connectivity index (χ3v) is 3.26. The van der Waals surface area contributed by atoms with Crippen LogP contribution < -0.4 is 5.32 Å². The van der Waals surface area contributed by atoms with Gasteiger partial charge in [0.25, 0.3) is 0 Å². The maximum atomic E-state index is 10.8. The summed E-state index contributed by atoms with van der Waals surface area (Å²) < 4.78 is 0. The molecule has 19 heavy (non-hydrogen) atoms. The van der Waals surface area contributed by atoms with Crippen LogP contribution in [0.5, 0.6) is 0 Å². The van der Waals surface area contributed by atoms with E-state index >= 15 is 0 Å². The number of benzene rings is 1. The van der Waals surface area contributed by atoms with E-state index in [0.717, 1.165) is 5.56 Å². The molecule has 1 aromatic rings. The van der Waals surface area contributed by atoms with Gasteiger partial charge in [-0.05, 0) is 23.8 Å². The van der Waals surface area contributed by atoms with Gasteiger partial charge in [0.15, 0.2) is 0 Å². The number of carbonyl (C=O) groups is 1. The highest BCUT2D eigenvalue weighted by molar-refractivity contribution is 5.64. The molecule has 0 aliphatic heterocycles. The second-order valence-electron chi connectivity index (χ2n) is 5.87. The summed E-state index contributed by atoms with van der Waals surface area (Å²) in [5.41, 5.74) is 0.694. The Bertz CT molecular complexity index is 398. The van der Waals surface area contributed by atoms with E-state index in [1.807, 2.05) is 51.1 Å². The average Bonchev–Trinajstić information content (AvgIpc) is 2.33. The molecule has 0 radical (unpaired) electrons. The smallest absolute Gasteiger partial charge is 0.404 e. The van der Waals surface area contributed by atoms with Crippen LogP contribution in [0.1, 0.15) is 45.3 Å². The first-order valence-electron chi connectivity index (χ1n) is 6.53. The summed E-state index contributed by atoms with van der Waals surface area (Å²) >= 11 is 0. The van der Waals surface area contributed by atoms with E-state index in [1.54, 1.807) is 0 Å². The molecule has 2 unspecified atom stereocenters. The van der Waals surface area contributed by atoms with Gasteiger partial charge in [0.05, 0.1) is 6.10 Å². The number of hydrogen-bond acceptors (Lipinski definition) is 2. The van der Waals surface area contributed by atoms with Crippen LogP contribution in [0.15, 0.2) is 30.3 Å². The normalized spacial score (nSPS) is 14.7. The Morgan fingerprint density at radius 3 is 2.26 bits per heavy atom. The summed E-state index contributed by atoms with van der Waals surface area (Å²) in [4.78, 5) is 10.8. The minimum atomic E-state index is -1.02. The molecule has 0 saturated carbocycles. The zero-order valence-electron chi connectivity index (χ0n) is 11.8. The highest BCUT2D eigenvalue weighted by Crippen LogP contribution is 2.26. The third kappa shape index (κ3) is 5.30. The topological polar surface area (TPSA) is 69.6 Å². The van der Waals surface area contributed by atoms with Crippen LogP contribution >= 0.6 is 0 Å². The van der Waals surface area contributed by atoms with Crippen molar-refractivity contribution >= 4 is 6.09 Å². The second kappa shape index (κ2) is 6.57. The standard InChI is InChI=1S/C15H23NO3/c1-15(2,3)13(16-14(18)19)10-9-12(17)11-7-5-4-6-8-11/h4-8,12-13,16-17H,9-10H2,1-3H3,(H,18,19). The lowest BCUT2D eigenvalue weighted by atomic mass is 9.83. The van der Waals surface area contributed by atoms with Gasteiger partial charge in [-0.2, -0.15) is 0 Å². The van der Waals surface area contributed by atoms with Crippen LogP contribution in [0.2, 0.25) is 0 Å². The molecule has 106 valence electrons. The molecule has 0 bridgehead atoms. The Morgan fingerprint density at radius 1 is 1.21 bits per heavy atom. The number of aliphatic hydroxyl groups is 1. The molecule has 0 fully saturated rings. The van der Waals surface area contributed by atoms with Crippen molar-refractivity contribution in [3.05, 3.63) is 35.9 Å². The number of nitrogens with one attached hydrogen (secondary N) is 1. The molecule has 0 aliphatic carbocycles. The van der Waals surface area contributed by atoms with E-state index in [0.29, 0.717) is 12.8 Å². The predicted molar refractivity (Wildman–Crippen MR) is 75.0 cm³/mol. The van der Waals surface area contributed by atoms with Crippen molar-refractivity contribution in [2.75, 3.05) is 0 Å². The van der Waals surface area contributed by atoms with E-state index in [-0.39, 0.29) is 11.5 Å². The molecule has 0 aromatic heterocycles. The van der Waals surface area contributed by atoms with Crippen molar-refractivity contribution < 1.29 is 15.0 Å². The van der Waals surface area contributed by atoms with E-state index in [1.165, 1.54) is 0 Å². The molecule has 0 spiro atoms. The molecule has 0 heterocycles. The van der Waals surface area contributed by atoms with Gasteiger partial charge in [-0.25, -0.2) is 4.79 Å². The predicted octanol–water partition coefficient (Wildman–Crippen LogP) is 3.18. The highest BCUT2D eigenvalue weighted by atomic mass is 16.4. The monoisotopic (exact) mass is 265 g/mol. The lowest BCUT2D eigenvalue weighted by molar-refractivity contribution is 0.138. The Hall–Kier alpha value is -1.55. The average molecular weight is 265 g/mol. The Labute approximate surface area is 114 Å². The molecule has 1 rings (SSSR count). The van der Waals surface area contributed by atoms with Gasteiger partial charge in [0.2, 0.25) is 0 Å². The summed E-state index contributed by atoms with van der Waals surface area (Å²) in [7, 11) is 0. The van der Waals surface area contributed by atoms with Crippen LogP contribution in [0.3, 0.4) is 0 Å². The molecule has 1 amide bonds. The number of aliphatic hydroxyl groups excluding tert-OH is 1. The largest absolute Gasteiger partial charge is 0.465 e. The summed E-state index contributed by atoms with van der Waals surface area (Å²) in [6.45, 7) is 5.97. The first-order chi connectivity index (χ1) is 8.80. The number of hydrogen-bond donors (Lipinski definition) is 3. The summed E-state index contributed by atoms with van der Waals surface area (Å²) in [6, 6.07) is 9.25. The van der Waals surface area contributed by atoms with Gasteiger partial charge in [0, 0.05) is 6.04 Å². The van der Waals surface area contributed by atoms with Crippen molar-refractivity contribution in [2.24, 2.45) is 5.41 Å². The van der Waals surface area contributed by atoms with Gasteiger partial charge in [-0.1, -0.05) is 51.1 Å². The minimum Gasteiger partial charge on any atom is -0.465 e. The zero-order valence-corrected chi connectivity index (χ0v) is 11.8. The first-order valence-corrected chi connectivity index (χ1v) is 6.53. The zero-order chi connectivity index (χ0) is 14.5. The van der Waals surface area contributed by atoms with Crippen molar-refractivity contribution in [3.63, 3.8) is 0 Å². The van der Waals surface area contributed by atoms with Gasteiger partial charge in [-0.15, -0.1) is 0 Å². The molecule has 0 saturated heterocycles. The van der Waals surface area contributed by atoms with E-state index in [4.69, 9.17) is 5.11 Å². The second-order valence-corrected chi connectivity index (χ2v) is 5.87. The maximum Gasteiger partial charge on any atom is 0.404 e. The fraction of sp³-hybridized carbons (Fsp3) is 0.533. The molecule has 2 atom stereocenters. The summed E-state index contributed by atoms with van der Waals surface area (Å²) in [5.74, 6) is 0. The van der Waals surface area contributed by atoms with Crippen molar-refractivity contribution in [2.45, 2.75) is 45.8 Å². The lowest BCUT2D eigenvalue weighted by Crippen LogP contribution is -2.43. The quantitative estimate of drug-likeness (QED) is 0.765. The first kappa shape index (κ1) is 15.5. The van der Waals surface area contributed by atoms with E-state index in [2.05, 4.69) is 5.32 Å². The van der Waals surface area contributed by atoms with Gasteiger partial charge in [0.1, 0.15) is 0 Å². The molecule has 3 N–H and O–H groups in total.